The molecule has 0 heterocycles. The van der Waals surface area contributed by atoms with E-state index in [0.717, 1.165) is 48.9 Å². The van der Waals surface area contributed by atoms with E-state index in [4.69, 9.17) is 0 Å². The molecule has 8 atom stereocenters. The third-order valence-corrected chi connectivity index (χ3v) is 7.88. The molecule has 20 heavy (non-hydrogen) atoms. The van der Waals surface area contributed by atoms with Crippen molar-refractivity contribution in [2.75, 3.05) is 0 Å². The van der Waals surface area contributed by atoms with Crippen LogP contribution in [0.25, 0.3) is 0 Å². The Balaban J connectivity index is 1.57. The molecule has 4 rings (SSSR count). The van der Waals surface area contributed by atoms with Crippen LogP contribution in [0.3, 0.4) is 0 Å². The zero-order chi connectivity index (χ0) is 13.9. The van der Waals surface area contributed by atoms with Gasteiger partial charge in [0.2, 0.25) is 0 Å². The molecule has 0 unspecified atom stereocenters. The monoisotopic (exact) mass is 278 g/mol. The van der Waals surface area contributed by atoms with E-state index in [1.54, 1.807) is 0 Å². The van der Waals surface area contributed by atoms with Crippen molar-refractivity contribution < 1.29 is 10.2 Å². The van der Waals surface area contributed by atoms with Crippen LogP contribution in [-0.4, -0.2) is 22.4 Å². The molecule has 114 valence electrons. The molecule has 0 aromatic carbocycles. The van der Waals surface area contributed by atoms with Crippen molar-refractivity contribution in [2.24, 2.45) is 35.0 Å². The van der Waals surface area contributed by atoms with Crippen LogP contribution >= 0.6 is 0 Å². The molecular weight excluding hydrogens is 248 g/mol. The second-order valence-electron chi connectivity index (χ2n) is 8.54. The van der Waals surface area contributed by atoms with Gasteiger partial charge in [0.15, 0.2) is 0 Å². The van der Waals surface area contributed by atoms with Crippen LogP contribution < -0.4 is 0 Å². The topological polar surface area (TPSA) is 40.5 Å². The molecule has 4 aliphatic carbocycles. The summed E-state index contributed by atoms with van der Waals surface area (Å²) < 4.78 is 0. The first-order chi connectivity index (χ1) is 9.59. The van der Waals surface area contributed by atoms with Gasteiger partial charge in [-0.2, -0.15) is 0 Å². The summed E-state index contributed by atoms with van der Waals surface area (Å²) in [7, 11) is 0. The lowest BCUT2D eigenvalue weighted by Crippen LogP contribution is -2.49. The van der Waals surface area contributed by atoms with Gasteiger partial charge in [-0.1, -0.05) is 6.92 Å². The van der Waals surface area contributed by atoms with Crippen LogP contribution in [-0.2, 0) is 0 Å². The molecular formula is C18H30O2. The molecule has 2 nitrogen and oxygen atoms in total. The highest BCUT2D eigenvalue weighted by atomic mass is 16.3. The largest absolute Gasteiger partial charge is 0.393 e. The normalized spacial score (nSPS) is 58.6. The summed E-state index contributed by atoms with van der Waals surface area (Å²) in [6.07, 6.45) is 10.9. The standard InChI is InChI=1S/C18H30O2/c1-18-9-8-14-13-5-3-12(19)10-11(13)2-4-15(14)16(18)6-7-17(18)20/h11-17,19-20H,2-10H2,1H3/t11-,12+,13-,14+,15+,16-,17-,18-/m0/s1. The van der Waals surface area contributed by atoms with Gasteiger partial charge in [-0.15, -0.1) is 0 Å². The highest BCUT2D eigenvalue weighted by Gasteiger charge is 2.56. The van der Waals surface area contributed by atoms with E-state index in [2.05, 4.69) is 6.92 Å². The van der Waals surface area contributed by atoms with Crippen LogP contribution in [0.2, 0.25) is 0 Å². The van der Waals surface area contributed by atoms with E-state index in [0.29, 0.717) is 0 Å². The zero-order valence-corrected chi connectivity index (χ0v) is 12.8. The van der Waals surface area contributed by atoms with Gasteiger partial charge in [0.05, 0.1) is 12.2 Å². The average Bonchev–Trinajstić information content (AvgIpc) is 2.74. The van der Waals surface area contributed by atoms with E-state index >= 15 is 0 Å². The molecule has 0 saturated heterocycles. The lowest BCUT2D eigenvalue weighted by Gasteiger charge is -2.55. The van der Waals surface area contributed by atoms with Gasteiger partial charge in [0, 0.05) is 0 Å². The number of rotatable bonds is 0. The summed E-state index contributed by atoms with van der Waals surface area (Å²) in [5.41, 5.74) is 0.224. The third kappa shape index (κ3) is 1.83. The van der Waals surface area contributed by atoms with Gasteiger partial charge in [-0.3, -0.25) is 0 Å². The minimum absolute atomic E-state index is 0.0186. The fourth-order valence-electron chi connectivity index (χ4n) is 6.80. The maximum Gasteiger partial charge on any atom is 0.0596 e. The van der Waals surface area contributed by atoms with Crippen molar-refractivity contribution in [1.82, 2.24) is 0 Å². The average molecular weight is 278 g/mol. The first-order valence-corrected chi connectivity index (χ1v) is 8.95. The van der Waals surface area contributed by atoms with Crippen LogP contribution in [0.5, 0.6) is 0 Å². The quantitative estimate of drug-likeness (QED) is 0.713. The number of hydrogen-bond acceptors (Lipinski definition) is 2. The SMILES string of the molecule is C[C@]12CC[C@H]3[C@@H](CC[C@H]4C[C@H](O)CC[C@@H]43)[C@@H]1CC[C@@H]2O. The lowest BCUT2D eigenvalue weighted by atomic mass is 9.50. The smallest absolute Gasteiger partial charge is 0.0596 e. The van der Waals surface area contributed by atoms with Gasteiger partial charge in [0.1, 0.15) is 0 Å². The molecule has 4 fully saturated rings. The van der Waals surface area contributed by atoms with Crippen molar-refractivity contribution in [1.29, 1.82) is 0 Å². The van der Waals surface area contributed by atoms with E-state index in [1.165, 1.54) is 38.5 Å². The molecule has 0 amide bonds. The molecule has 0 spiro atoms. The summed E-state index contributed by atoms with van der Waals surface area (Å²) >= 11 is 0. The van der Waals surface area contributed by atoms with Crippen LogP contribution in [0.1, 0.15) is 64.7 Å². The van der Waals surface area contributed by atoms with Crippen LogP contribution in [0.4, 0.5) is 0 Å². The second kappa shape index (κ2) is 4.71. The molecule has 0 aromatic rings. The van der Waals surface area contributed by atoms with Crippen molar-refractivity contribution in [3.05, 3.63) is 0 Å². The highest BCUT2D eigenvalue weighted by Crippen LogP contribution is 2.62. The van der Waals surface area contributed by atoms with E-state index < -0.39 is 0 Å². The Kier molecular flexibility index (Phi) is 3.20. The number of hydrogen-bond donors (Lipinski definition) is 2. The molecule has 0 aromatic heterocycles. The maximum absolute atomic E-state index is 10.4. The molecule has 4 saturated carbocycles. The Morgan fingerprint density at radius 3 is 2.45 bits per heavy atom. The summed E-state index contributed by atoms with van der Waals surface area (Å²) in [5, 5.41) is 20.3. The minimum Gasteiger partial charge on any atom is -0.393 e. The van der Waals surface area contributed by atoms with E-state index in [-0.39, 0.29) is 17.6 Å². The predicted molar refractivity (Wildman–Crippen MR) is 79.1 cm³/mol. The molecule has 0 aliphatic heterocycles. The summed E-state index contributed by atoms with van der Waals surface area (Å²) in [4.78, 5) is 0. The summed E-state index contributed by atoms with van der Waals surface area (Å²) in [6, 6.07) is 0. The Morgan fingerprint density at radius 2 is 1.60 bits per heavy atom. The fourth-order valence-corrected chi connectivity index (χ4v) is 6.80. The van der Waals surface area contributed by atoms with Crippen molar-refractivity contribution in [2.45, 2.75) is 76.9 Å². The number of fused-ring (bicyclic) bond motifs is 5. The third-order valence-electron chi connectivity index (χ3n) is 7.88. The molecule has 2 heteroatoms. The van der Waals surface area contributed by atoms with Crippen LogP contribution in [0.15, 0.2) is 0 Å². The molecule has 4 aliphatic rings. The lowest BCUT2D eigenvalue weighted by molar-refractivity contribution is -0.0913. The number of aliphatic hydroxyl groups is 2. The van der Waals surface area contributed by atoms with E-state index in [9.17, 15) is 10.2 Å². The predicted octanol–water partition coefficient (Wildman–Crippen LogP) is 3.36. The van der Waals surface area contributed by atoms with Crippen molar-refractivity contribution >= 4 is 0 Å². The first kappa shape index (κ1) is 13.6. The Labute approximate surface area is 123 Å². The molecule has 2 N–H and O–H groups in total. The highest BCUT2D eigenvalue weighted by molar-refractivity contribution is 5.06. The van der Waals surface area contributed by atoms with Crippen molar-refractivity contribution in [3.8, 4) is 0 Å². The second-order valence-corrected chi connectivity index (χ2v) is 8.54. The Hall–Kier alpha value is -0.0800. The maximum atomic E-state index is 10.4. The van der Waals surface area contributed by atoms with Gasteiger partial charge >= 0.3 is 0 Å². The molecule has 0 radical (unpaired) electrons. The molecule has 0 bridgehead atoms. The Bertz CT molecular complexity index is 382. The first-order valence-electron chi connectivity index (χ1n) is 8.95. The van der Waals surface area contributed by atoms with Crippen molar-refractivity contribution in [3.63, 3.8) is 0 Å². The van der Waals surface area contributed by atoms with Gasteiger partial charge in [-0.05, 0) is 92.8 Å². The van der Waals surface area contributed by atoms with E-state index in [1.807, 2.05) is 0 Å². The zero-order valence-electron chi connectivity index (χ0n) is 12.8. The van der Waals surface area contributed by atoms with Gasteiger partial charge < -0.3 is 10.2 Å². The number of aliphatic hydroxyl groups excluding tert-OH is 2. The summed E-state index contributed by atoms with van der Waals surface area (Å²) in [5.74, 6) is 4.26. The summed E-state index contributed by atoms with van der Waals surface area (Å²) in [6.45, 7) is 2.36. The fraction of sp³-hybridized carbons (Fsp3) is 1.00. The Morgan fingerprint density at radius 1 is 0.800 bits per heavy atom. The minimum atomic E-state index is -0.0423. The van der Waals surface area contributed by atoms with Crippen LogP contribution in [0, 0.1) is 35.0 Å². The van der Waals surface area contributed by atoms with Gasteiger partial charge in [0.25, 0.3) is 0 Å². The van der Waals surface area contributed by atoms with Gasteiger partial charge in [-0.25, -0.2) is 0 Å².